The molecule has 0 radical (unpaired) electrons. The van der Waals surface area contributed by atoms with Gasteiger partial charge >= 0.3 is 0 Å². The maximum absolute atomic E-state index is 4.49. The molecule has 1 aliphatic rings. The first-order valence-electron chi connectivity index (χ1n) is 6.82. The quantitative estimate of drug-likeness (QED) is 0.883. The molecule has 0 spiro atoms. The topological polar surface area (TPSA) is 27.6 Å². The number of nitrogens with one attached hydrogen (secondary N) is 1. The van der Waals surface area contributed by atoms with Gasteiger partial charge in [0.05, 0.1) is 6.54 Å². The van der Waals surface area contributed by atoms with Crippen LogP contribution >= 0.6 is 0 Å². The normalized spacial score (nSPS) is 15.1. The zero-order valence-electron chi connectivity index (χ0n) is 11.6. The first kappa shape index (κ1) is 12.9. The molecule has 2 rings (SSSR count). The third kappa shape index (κ3) is 3.03. The third-order valence-corrected chi connectivity index (χ3v) is 3.38. The van der Waals surface area contributed by atoms with Crippen molar-refractivity contribution in [2.24, 2.45) is 4.99 Å². The molecule has 3 heteroatoms. The van der Waals surface area contributed by atoms with E-state index in [4.69, 9.17) is 0 Å². The second-order valence-corrected chi connectivity index (χ2v) is 5.04. The van der Waals surface area contributed by atoms with Crippen LogP contribution in [0.2, 0.25) is 0 Å². The van der Waals surface area contributed by atoms with Gasteiger partial charge in [-0.05, 0) is 24.0 Å². The lowest BCUT2D eigenvalue weighted by Crippen LogP contribution is -2.37. The molecule has 0 atom stereocenters. The monoisotopic (exact) mass is 245 g/mol. The summed E-state index contributed by atoms with van der Waals surface area (Å²) < 4.78 is 0. The highest BCUT2D eigenvalue weighted by atomic mass is 15.3. The van der Waals surface area contributed by atoms with E-state index in [1.807, 2.05) is 0 Å². The highest BCUT2D eigenvalue weighted by Gasteiger charge is 2.13. The van der Waals surface area contributed by atoms with Crippen molar-refractivity contribution < 1.29 is 0 Å². The Morgan fingerprint density at radius 3 is 2.94 bits per heavy atom. The number of nitrogens with zero attached hydrogens (tertiary/aromatic N) is 2. The predicted molar refractivity (Wildman–Crippen MR) is 76.9 cm³/mol. The SMILES string of the molecule is CCN1CCN=C1NCc1cccc(C(C)C)c1. The maximum atomic E-state index is 4.49. The van der Waals surface area contributed by atoms with E-state index in [0.717, 1.165) is 32.1 Å². The molecule has 0 fully saturated rings. The summed E-state index contributed by atoms with van der Waals surface area (Å²) in [7, 11) is 0. The van der Waals surface area contributed by atoms with Gasteiger partial charge in [0.25, 0.3) is 0 Å². The van der Waals surface area contributed by atoms with Crippen LogP contribution in [-0.4, -0.2) is 30.5 Å². The summed E-state index contributed by atoms with van der Waals surface area (Å²) in [6, 6.07) is 8.79. The van der Waals surface area contributed by atoms with Crippen LogP contribution in [0.25, 0.3) is 0 Å². The minimum atomic E-state index is 0.584. The first-order valence-corrected chi connectivity index (χ1v) is 6.82. The number of rotatable bonds is 4. The molecule has 98 valence electrons. The molecule has 0 unspecified atom stereocenters. The van der Waals surface area contributed by atoms with Crippen LogP contribution in [0, 0.1) is 0 Å². The molecule has 0 bridgehead atoms. The molecule has 1 N–H and O–H groups in total. The largest absolute Gasteiger partial charge is 0.352 e. The lowest BCUT2D eigenvalue weighted by molar-refractivity contribution is 0.466. The van der Waals surface area contributed by atoms with Crippen molar-refractivity contribution in [1.29, 1.82) is 0 Å². The molecule has 0 saturated heterocycles. The molecule has 1 aromatic rings. The van der Waals surface area contributed by atoms with E-state index in [2.05, 4.69) is 60.2 Å². The van der Waals surface area contributed by atoms with Gasteiger partial charge in [-0.15, -0.1) is 0 Å². The van der Waals surface area contributed by atoms with E-state index in [-0.39, 0.29) is 0 Å². The number of aliphatic imine (C=N–C) groups is 1. The average molecular weight is 245 g/mol. The zero-order chi connectivity index (χ0) is 13.0. The van der Waals surface area contributed by atoms with E-state index in [9.17, 15) is 0 Å². The minimum Gasteiger partial charge on any atom is -0.352 e. The van der Waals surface area contributed by atoms with Gasteiger partial charge in [0.1, 0.15) is 0 Å². The molecular weight excluding hydrogens is 222 g/mol. The predicted octanol–water partition coefficient (Wildman–Crippen LogP) is 2.59. The summed E-state index contributed by atoms with van der Waals surface area (Å²) in [5.41, 5.74) is 2.72. The molecular formula is C15H23N3. The lowest BCUT2D eigenvalue weighted by Gasteiger charge is -2.19. The summed E-state index contributed by atoms with van der Waals surface area (Å²) in [5.74, 6) is 1.63. The molecule has 1 aromatic carbocycles. The summed E-state index contributed by atoms with van der Waals surface area (Å²) in [4.78, 5) is 6.78. The van der Waals surface area contributed by atoms with Crippen LogP contribution in [0.15, 0.2) is 29.3 Å². The van der Waals surface area contributed by atoms with Gasteiger partial charge in [0.15, 0.2) is 5.96 Å². The fraction of sp³-hybridized carbons (Fsp3) is 0.533. The maximum Gasteiger partial charge on any atom is 0.194 e. The molecule has 3 nitrogen and oxygen atoms in total. The van der Waals surface area contributed by atoms with E-state index in [0.29, 0.717) is 5.92 Å². The fourth-order valence-corrected chi connectivity index (χ4v) is 2.20. The summed E-state index contributed by atoms with van der Waals surface area (Å²) >= 11 is 0. The standard InChI is InChI=1S/C15H23N3/c1-4-18-9-8-16-15(18)17-11-13-6-5-7-14(10-13)12(2)3/h5-7,10,12H,4,8-9,11H2,1-3H3,(H,16,17). The molecule has 0 amide bonds. The summed E-state index contributed by atoms with van der Waals surface area (Å²) in [6.07, 6.45) is 0. The van der Waals surface area contributed by atoms with Gasteiger partial charge in [-0.3, -0.25) is 4.99 Å². The van der Waals surface area contributed by atoms with Gasteiger partial charge in [0, 0.05) is 19.6 Å². The highest BCUT2D eigenvalue weighted by Crippen LogP contribution is 2.15. The van der Waals surface area contributed by atoms with Crippen LogP contribution in [0.5, 0.6) is 0 Å². The minimum absolute atomic E-state index is 0.584. The van der Waals surface area contributed by atoms with Crippen molar-refractivity contribution in [3.05, 3.63) is 35.4 Å². The average Bonchev–Trinajstić information content (AvgIpc) is 2.84. The van der Waals surface area contributed by atoms with Crippen molar-refractivity contribution >= 4 is 5.96 Å². The Hall–Kier alpha value is -1.51. The lowest BCUT2D eigenvalue weighted by atomic mass is 10.0. The molecule has 0 aromatic heterocycles. The fourth-order valence-electron chi connectivity index (χ4n) is 2.20. The van der Waals surface area contributed by atoms with Crippen LogP contribution < -0.4 is 5.32 Å². The van der Waals surface area contributed by atoms with Crippen LogP contribution in [0.4, 0.5) is 0 Å². The van der Waals surface area contributed by atoms with Crippen molar-refractivity contribution in [2.45, 2.75) is 33.2 Å². The van der Waals surface area contributed by atoms with Crippen LogP contribution in [-0.2, 0) is 6.54 Å². The van der Waals surface area contributed by atoms with Gasteiger partial charge in [-0.2, -0.15) is 0 Å². The van der Waals surface area contributed by atoms with Gasteiger partial charge in [0.2, 0.25) is 0 Å². The third-order valence-electron chi connectivity index (χ3n) is 3.38. The zero-order valence-corrected chi connectivity index (χ0v) is 11.6. The first-order chi connectivity index (χ1) is 8.70. The summed E-state index contributed by atoms with van der Waals surface area (Å²) in [6.45, 7) is 10.5. The smallest absolute Gasteiger partial charge is 0.194 e. The Labute approximate surface area is 110 Å². The van der Waals surface area contributed by atoms with E-state index in [1.165, 1.54) is 11.1 Å². The number of hydrogen-bond acceptors (Lipinski definition) is 3. The number of likely N-dealkylation sites (N-methyl/N-ethyl adjacent to an activating group) is 1. The Kier molecular flexibility index (Phi) is 4.24. The van der Waals surface area contributed by atoms with Gasteiger partial charge in [-0.25, -0.2) is 0 Å². The van der Waals surface area contributed by atoms with Crippen molar-refractivity contribution in [3.8, 4) is 0 Å². The number of hydrogen-bond donors (Lipinski definition) is 1. The second kappa shape index (κ2) is 5.89. The Morgan fingerprint density at radius 2 is 2.22 bits per heavy atom. The van der Waals surface area contributed by atoms with Gasteiger partial charge in [-0.1, -0.05) is 38.1 Å². The molecule has 0 saturated carbocycles. The van der Waals surface area contributed by atoms with Crippen molar-refractivity contribution in [2.75, 3.05) is 19.6 Å². The number of benzene rings is 1. The van der Waals surface area contributed by atoms with Crippen LogP contribution in [0.1, 0.15) is 37.8 Å². The Morgan fingerprint density at radius 1 is 1.39 bits per heavy atom. The molecule has 1 heterocycles. The van der Waals surface area contributed by atoms with Crippen molar-refractivity contribution in [1.82, 2.24) is 10.2 Å². The summed E-state index contributed by atoms with van der Waals surface area (Å²) in [5, 5.41) is 3.44. The van der Waals surface area contributed by atoms with Gasteiger partial charge < -0.3 is 10.2 Å². The molecule has 18 heavy (non-hydrogen) atoms. The van der Waals surface area contributed by atoms with Crippen LogP contribution in [0.3, 0.4) is 0 Å². The van der Waals surface area contributed by atoms with Crippen molar-refractivity contribution in [3.63, 3.8) is 0 Å². The number of guanidine groups is 1. The van der Waals surface area contributed by atoms with E-state index in [1.54, 1.807) is 0 Å². The van der Waals surface area contributed by atoms with E-state index < -0.39 is 0 Å². The second-order valence-electron chi connectivity index (χ2n) is 5.04. The molecule has 0 aliphatic carbocycles. The Bertz CT molecular complexity index is 424. The highest BCUT2D eigenvalue weighted by molar-refractivity contribution is 5.81. The molecule has 1 aliphatic heterocycles. The van der Waals surface area contributed by atoms with E-state index >= 15 is 0 Å². The Balaban J connectivity index is 1.96.